The number of aryl methyl sites for hydroxylation is 1. The molecule has 0 spiro atoms. The first-order valence-corrected chi connectivity index (χ1v) is 8.66. The molecule has 0 N–H and O–H groups in total. The van der Waals surface area contributed by atoms with E-state index in [0.29, 0.717) is 17.5 Å². The second-order valence-electron chi connectivity index (χ2n) is 6.82. The highest BCUT2D eigenvalue weighted by Gasteiger charge is 2.36. The highest BCUT2D eigenvalue weighted by atomic mass is 16.5. The van der Waals surface area contributed by atoms with Gasteiger partial charge in [0.05, 0.1) is 25.0 Å². The first-order chi connectivity index (χ1) is 11.5. The smallest absolute Gasteiger partial charge is 0.223 e. The summed E-state index contributed by atoms with van der Waals surface area (Å²) in [6, 6.07) is 0.409. The van der Waals surface area contributed by atoms with Gasteiger partial charge in [-0.05, 0) is 5.92 Å². The molecule has 0 saturated carbocycles. The number of amides is 1. The summed E-state index contributed by atoms with van der Waals surface area (Å²) >= 11 is 0. The van der Waals surface area contributed by atoms with Gasteiger partial charge in [0.25, 0.3) is 0 Å². The van der Waals surface area contributed by atoms with Gasteiger partial charge in [0, 0.05) is 58.3 Å². The van der Waals surface area contributed by atoms with Crippen LogP contribution in [0.25, 0.3) is 0 Å². The maximum atomic E-state index is 12.5. The van der Waals surface area contributed by atoms with Crippen LogP contribution in [0.2, 0.25) is 0 Å². The minimum atomic E-state index is -0.0200. The molecule has 3 rings (SSSR count). The third-order valence-corrected chi connectivity index (χ3v) is 5.03. The van der Waals surface area contributed by atoms with Crippen molar-refractivity contribution in [2.45, 2.75) is 25.8 Å². The second kappa shape index (κ2) is 7.44. The van der Waals surface area contributed by atoms with Crippen LogP contribution in [-0.2, 0) is 16.6 Å². The summed E-state index contributed by atoms with van der Waals surface area (Å²) in [4.78, 5) is 28.9. The van der Waals surface area contributed by atoms with Crippen LogP contribution in [0.4, 0.5) is 0 Å². The number of ether oxygens (including phenoxy) is 1. The Labute approximate surface area is 142 Å². The molecule has 7 nitrogen and oxygen atoms in total. The van der Waals surface area contributed by atoms with Gasteiger partial charge in [0.15, 0.2) is 5.78 Å². The molecule has 0 unspecified atom stereocenters. The average Bonchev–Trinajstić information content (AvgIpc) is 3.19. The van der Waals surface area contributed by atoms with Crippen molar-refractivity contribution in [1.29, 1.82) is 0 Å². The quantitative estimate of drug-likeness (QED) is 0.736. The Morgan fingerprint density at radius 2 is 2.00 bits per heavy atom. The number of morpholine rings is 1. The molecule has 1 aromatic heterocycles. The van der Waals surface area contributed by atoms with E-state index in [1.165, 1.54) is 0 Å². The van der Waals surface area contributed by atoms with Gasteiger partial charge in [0.2, 0.25) is 5.91 Å². The fraction of sp³-hybridized carbons (Fsp3) is 0.706. The van der Waals surface area contributed by atoms with Crippen molar-refractivity contribution in [3.63, 3.8) is 0 Å². The molecule has 3 heterocycles. The Morgan fingerprint density at radius 1 is 1.25 bits per heavy atom. The summed E-state index contributed by atoms with van der Waals surface area (Å²) in [6.07, 6.45) is 3.77. The van der Waals surface area contributed by atoms with Crippen LogP contribution in [0, 0.1) is 5.92 Å². The van der Waals surface area contributed by atoms with Gasteiger partial charge in [-0.2, -0.15) is 5.10 Å². The molecule has 0 bridgehead atoms. The van der Waals surface area contributed by atoms with Gasteiger partial charge >= 0.3 is 0 Å². The Morgan fingerprint density at radius 3 is 2.67 bits per heavy atom. The zero-order chi connectivity index (χ0) is 17.1. The van der Waals surface area contributed by atoms with Crippen molar-refractivity contribution in [2.24, 2.45) is 13.0 Å². The van der Waals surface area contributed by atoms with Gasteiger partial charge in [-0.1, -0.05) is 6.92 Å². The summed E-state index contributed by atoms with van der Waals surface area (Å²) in [5.41, 5.74) is 0.575. The monoisotopic (exact) mass is 334 g/mol. The molecule has 2 saturated heterocycles. The van der Waals surface area contributed by atoms with E-state index in [-0.39, 0.29) is 24.5 Å². The Kier molecular flexibility index (Phi) is 5.30. The number of rotatable bonds is 5. The van der Waals surface area contributed by atoms with Gasteiger partial charge in [-0.3, -0.25) is 19.2 Å². The first-order valence-electron chi connectivity index (χ1n) is 8.66. The van der Waals surface area contributed by atoms with Crippen molar-refractivity contribution < 1.29 is 14.3 Å². The van der Waals surface area contributed by atoms with Gasteiger partial charge in [0.1, 0.15) is 0 Å². The van der Waals surface area contributed by atoms with E-state index in [4.69, 9.17) is 4.74 Å². The summed E-state index contributed by atoms with van der Waals surface area (Å²) < 4.78 is 7.01. The molecule has 0 aromatic carbocycles. The summed E-state index contributed by atoms with van der Waals surface area (Å²) in [6.45, 7) is 7.18. The lowest BCUT2D eigenvalue weighted by Crippen LogP contribution is -2.47. The van der Waals surface area contributed by atoms with Gasteiger partial charge in [-0.25, -0.2) is 0 Å². The lowest BCUT2D eigenvalue weighted by Gasteiger charge is -2.33. The van der Waals surface area contributed by atoms with E-state index < -0.39 is 0 Å². The molecule has 0 aliphatic carbocycles. The number of carbonyl (C=O) groups is 2. The van der Waals surface area contributed by atoms with Crippen molar-refractivity contribution in [2.75, 3.05) is 39.4 Å². The van der Waals surface area contributed by atoms with E-state index in [0.717, 1.165) is 39.4 Å². The molecule has 2 atom stereocenters. The SMILES string of the molecule is C[C@@H]1CN(C(=O)CCC(=O)c2cnn(C)c2)C[C@@H]1N1CCOCC1. The van der Waals surface area contributed by atoms with Crippen molar-refractivity contribution >= 4 is 11.7 Å². The van der Waals surface area contributed by atoms with Crippen LogP contribution < -0.4 is 0 Å². The molecule has 1 aromatic rings. The van der Waals surface area contributed by atoms with Crippen molar-refractivity contribution in [3.05, 3.63) is 18.0 Å². The molecule has 2 aliphatic heterocycles. The van der Waals surface area contributed by atoms with Crippen LogP contribution in [-0.4, -0.2) is 76.7 Å². The molecule has 1 amide bonds. The molecule has 2 fully saturated rings. The standard InChI is InChI=1S/C17H26N4O3/c1-13-10-21(12-15(13)20-5-7-24-8-6-20)17(23)4-3-16(22)14-9-18-19(2)11-14/h9,11,13,15H,3-8,10,12H2,1-2H3/t13-,15+/m1/s1. The molecular formula is C17H26N4O3. The van der Waals surface area contributed by atoms with Crippen LogP contribution in [0.5, 0.6) is 0 Å². The zero-order valence-corrected chi connectivity index (χ0v) is 14.5. The summed E-state index contributed by atoms with van der Waals surface area (Å²) in [5.74, 6) is 0.518. The number of likely N-dealkylation sites (tertiary alicyclic amines) is 1. The minimum Gasteiger partial charge on any atom is -0.379 e. The number of Topliss-reactive ketones (excluding diaryl/α,β-unsaturated/α-hetero) is 1. The van der Waals surface area contributed by atoms with Crippen LogP contribution >= 0.6 is 0 Å². The summed E-state index contributed by atoms with van der Waals surface area (Å²) in [5, 5.41) is 4.00. The maximum absolute atomic E-state index is 12.5. The minimum absolute atomic E-state index is 0.0200. The fourth-order valence-corrected chi connectivity index (χ4v) is 3.63. The second-order valence-corrected chi connectivity index (χ2v) is 6.82. The number of aromatic nitrogens is 2. The fourth-order valence-electron chi connectivity index (χ4n) is 3.63. The van der Waals surface area contributed by atoms with E-state index in [2.05, 4.69) is 16.9 Å². The number of hydrogen-bond donors (Lipinski definition) is 0. The molecule has 7 heteroatoms. The highest BCUT2D eigenvalue weighted by Crippen LogP contribution is 2.23. The number of hydrogen-bond acceptors (Lipinski definition) is 5. The molecular weight excluding hydrogens is 308 g/mol. The van der Waals surface area contributed by atoms with E-state index in [1.807, 2.05) is 4.90 Å². The lowest BCUT2D eigenvalue weighted by molar-refractivity contribution is -0.130. The Hall–Kier alpha value is -1.73. The van der Waals surface area contributed by atoms with Gasteiger partial charge < -0.3 is 9.64 Å². The van der Waals surface area contributed by atoms with Gasteiger partial charge in [-0.15, -0.1) is 0 Å². The van der Waals surface area contributed by atoms with Crippen LogP contribution in [0.15, 0.2) is 12.4 Å². The molecule has 2 aliphatic rings. The average molecular weight is 334 g/mol. The topological polar surface area (TPSA) is 67.7 Å². The number of carbonyl (C=O) groups excluding carboxylic acids is 2. The largest absolute Gasteiger partial charge is 0.379 e. The Balaban J connectivity index is 1.49. The normalized spacial score (nSPS) is 25.2. The lowest BCUT2D eigenvalue weighted by atomic mass is 10.0. The predicted octanol–water partition coefficient (Wildman–Crippen LogP) is 0.562. The number of nitrogens with zero attached hydrogens (tertiary/aromatic N) is 4. The molecule has 132 valence electrons. The predicted molar refractivity (Wildman–Crippen MR) is 88.7 cm³/mol. The molecule has 24 heavy (non-hydrogen) atoms. The van der Waals surface area contributed by atoms with E-state index in [1.54, 1.807) is 24.1 Å². The van der Waals surface area contributed by atoms with Crippen LogP contribution in [0.1, 0.15) is 30.1 Å². The van der Waals surface area contributed by atoms with Crippen LogP contribution in [0.3, 0.4) is 0 Å². The maximum Gasteiger partial charge on any atom is 0.223 e. The molecule has 0 radical (unpaired) electrons. The summed E-state index contributed by atoms with van der Waals surface area (Å²) in [7, 11) is 1.78. The van der Waals surface area contributed by atoms with Crippen molar-refractivity contribution in [1.82, 2.24) is 19.6 Å². The zero-order valence-electron chi connectivity index (χ0n) is 14.5. The third-order valence-electron chi connectivity index (χ3n) is 5.03. The highest BCUT2D eigenvalue weighted by molar-refractivity contribution is 5.97. The Bertz CT molecular complexity index is 594. The van der Waals surface area contributed by atoms with E-state index in [9.17, 15) is 9.59 Å². The van der Waals surface area contributed by atoms with E-state index >= 15 is 0 Å². The first kappa shape index (κ1) is 17.1. The number of ketones is 1. The third kappa shape index (κ3) is 3.84. The van der Waals surface area contributed by atoms with Crippen molar-refractivity contribution in [3.8, 4) is 0 Å².